The van der Waals surface area contributed by atoms with Crippen LogP contribution >= 0.6 is 0 Å². The molecule has 0 saturated carbocycles. The fourth-order valence-corrected chi connectivity index (χ4v) is 3.23. The molecular weight excluding hydrogens is 306 g/mol. The standard InChI is InChI=1S/C17H21N5O2/c1-2-14-10-22-12-18-15(9-16(22)19-14)20-4-6-21(7-5-20)17(23)13-3-8-24-11-13/h3,8-9,11-12,14H,2,4-7,10H2,1H3/t14-/m1/s1. The third-order valence-electron chi connectivity index (χ3n) is 4.73. The van der Waals surface area contributed by atoms with Crippen LogP contribution in [0.3, 0.4) is 0 Å². The molecule has 7 nitrogen and oxygen atoms in total. The molecule has 24 heavy (non-hydrogen) atoms. The zero-order valence-corrected chi connectivity index (χ0v) is 13.8. The molecule has 0 aliphatic carbocycles. The quantitative estimate of drug-likeness (QED) is 0.842. The highest BCUT2D eigenvalue weighted by Crippen LogP contribution is 2.20. The van der Waals surface area contributed by atoms with E-state index < -0.39 is 0 Å². The Hall–Kier alpha value is -2.57. The summed E-state index contributed by atoms with van der Waals surface area (Å²) in [6.07, 6.45) is 8.02. The van der Waals surface area contributed by atoms with E-state index in [0.29, 0.717) is 24.7 Å². The predicted molar refractivity (Wildman–Crippen MR) is 91.0 cm³/mol. The molecule has 1 aromatic rings. The van der Waals surface area contributed by atoms with E-state index in [9.17, 15) is 4.79 Å². The number of fused-ring (bicyclic) bond motifs is 1. The maximum Gasteiger partial charge on any atom is 0.257 e. The number of amidine groups is 1. The Kier molecular flexibility index (Phi) is 3.84. The van der Waals surface area contributed by atoms with Crippen LogP contribution in [0.2, 0.25) is 0 Å². The van der Waals surface area contributed by atoms with Gasteiger partial charge < -0.3 is 19.1 Å². The zero-order valence-electron chi connectivity index (χ0n) is 13.8. The van der Waals surface area contributed by atoms with Crippen molar-refractivity contribution in [3.8, 4) is 0 Å². The van der Waals surface area contributed by atoms with Crippen molar-refractivity contribution in [1.82, 2.24) is 14.7 Å². The molecule has 0 radical (unpaired) electrons. The van der Waals surface area contributed by atoms with Gasteiger partial charge in [-0.25, -0.2) is 4.99 Å². The van der Waals surface area contributed by atoms with Crippen LogP contribution in [-0.2, 0) is 0 Å². The van der Waals surface area contributed by atoms with Gasteiger partial charge in [0.1, 0.15) is 17.9 Å². The first-order chi connectivity index (χ1) is 11.7. The van der Waals surface area contributed by atoms with Crippen LogP contribution in [0.5, 0.6) is 0 Å². The first kappa shape index (κ1) is 15.0. The molecule has 3 aliphatic heterocycles. The van der Waals surface area contributed by atoms with Crippen LogP contribution in [-0.4, -0.2) is 71.5 Å². The second kappa shape index (κ2) is 6.14. The van der Waals surface area contributed by atoms with E-state index in [0.717, 1.165) is 37.7 Å². The minimum absolute atomic E-state index is 0.0293. The molecule has 0 unspecified atom stereocenters. The summed E-state index contributed by atoms with van der Waals surface area (Å²) in [4.78, 5) is 27.8. The number of amides is 1. The number of aliphatic imine (C=N–C) groups is 2. The van der Waals surface area contributed by atoms with Gasteiger partial charge in [0.15, 0.2) is 0 Å². The van der Waals surface area contributed by atoms with Gasteiger partial charge in [0.05, 0.1) is 24.2 Å². The van der Waals surface area contributed by atoms with E-state index in [1.54, 1.807) is 6.07 Å². The van der Waals surface area contributed by atoms with Gasteiger partial charge in [0.25, 0.3) is 5.91 Å². The Labute approximate surface area is 140 Å². The molecule has 4 rings (SSSR count). The predicted octanol–water partition coefficient (Wildman–Crippen LogP) is 1.41. The number of carbonyl (C=O) groups is 1. The molecule has 0 N–H and O–H groups in total. The van der Waals surface area contributed by atoms with Crippen LogP contribution in [0.4, 0.5) is 0 Å². The van der Waals surface area contributed by atoms with E-state index in [1.165, 1.54) is 12.5 Å². The SMILES string of the molecule is CC[C@@H]1CN2C=NC(N3CCN(C(=O)c4ccoc4)CC3)=CC2=N1. The molecule has 1 aromatic heterocycles. The molecule has 126 valence electrons. The first-order valence-corrected chi connectivity index (χ1v) is 8.41. The van der Waals surface area contributed by atoms with Crippen molar-refractivity contribution < 1.29 is 9.21 Å². The lowest BCUT2D eigenvalue weighted by atomic mass is 10.2. The highest BCUT2D eigenvalue weighted by Gasteiger charge is 2.28. The van der Waals surface area contributed by atoms with Crippen molar-refractivity contribution in [1.29, 1.82) is 0 Å². The molecule has 3 aliphatic rings. The highest BCUT2D eigenvalue weighted by molar-refractivity contribution is 6.03. The lowest BCUT2D eigenvalue weighted by molar-refractivity contribution is 0.0668. The van der Waals surface area contributed by atoms with Gasteiger partial charge in [-0.1, -0.05) is 6.92 Å². The van der Waals surface area contributed by atoms with Gasteiger partial charge in [-0.05, 0) is 12.5 Å². The summed E-state index contributed by atoms with van der Waals surface area (Å²) in [5, 5.41) is 0. The lowest BCUT2D eigenvalue weighted by Gasteiger charge is -2.36. The molecule has 0 spiro atoms. The number of rotatable bonds is 3. The molecule has 1 atom stereocenters. The summed E-state index contributed by atoms with van der Waals surface area (Å²) >= 11 is 0. The van der Waals surface area contributed by atoms with Crippen LogP contribution in [0, 0.1) is 0 Å². The minimum Gasteiger partial charge on any atom is -0.472 e. The summed E-state index contributed by atoms with van der Waals surface area (Å²) < 4.78 is 5.00. The average Bonchev–Trinajstić information content (AvgIpc) is 3.29. The third-order valence-corrected chi connectivity index (χ3v) is 4.73. The first-order valence-electron chi connectivity index (χ1n) is 8.41. The summed E-state index contributed by atoms with van der Waals surface area (Å²) in [5.41, 5.74) is 0.611. The van der Waals surface area contributed by atoms with Crippen LogP contribution in [0.1, 0.15) is 23.7 Å². The second-order valence-corrected chi connectivity index (χ2v) is 6.24. The van der Waals surface area contributed by atoms with E-state index in [-0.39, 0.29) is 5.91 Å². The third kappa shape index (κ3) is 2.70. The number of piperazine rings is 1. The van der Waals surface area contributed by atoms with Gasteiger partial charge in [-0.3, -0.25) is 9.79 Å². The van der Waals surface area contributed by atoms with Crippen molar-refractivity contribution in [3.63, 3.8) is 0 Å². The van der Waals surface area contributed by atoms with Crippen LogP contribution < -0.4 is 0 Å². The van der Waals surface area contributed by atoms with Gasteiger partial charge >= 0.3 is 0 Å². The van der Waals surface area contributed by atoms with Gasteiger partial charge in [0.2, 0.25) is 0 Å². The number of carbonyl (C=O) groups excluding carboxylic acids is 1. The fourth-order valence-electron chi connectivity index (χ4n) is 3.23. The lowest BCUT2D eigenvalue weighted by Crippen LogP contribution is -2.48. The number of hydrogen-bond acceptors (Lipinski definition) is 6. The van der Waals surface area contributed by atoms with Gasteiger partial charge in [-0.15, -0.1) is 0 Å². The molecule has 0 aromatic carbocycles. The molecular formula is C17H21N5O2. The van der Waals surface area contributed by atoms with Gasteiger partial charge in [-0.2, -0.15) is 0 Å². The van der Waals surface area contributed by atoms with E-state index >= 15 is 0 Å². The van der Waals surface area contributed by atoms with E-state index in [2.05, 4.69) is 27.8 Å². The fraction of sp³-hybridized carbons (Fsp3) is 0.471. The number of nitrogens with zero attached hydrogens (tertiary/aromatic N) is 5. The monoisotopic (exact) mass is 327 g/mol. The van der Waals surface area contributed by atoms with Crippen molar-refractivity contribution in [2.45, 2.75) is 19.4 Å². The zero-order chi connectivity index (χ0) is 16.5. The normalized spacial score (nSPS) is 23.2. The van der Waals surface area contributed by atoms with Crippen molar-refractivity contribution in [2.24, 2.45) is 9.98 Å². The van der Waals surface area contributed by atoms with Crippen molar-refractivity contribution >= 4 is 18.1 Å². The number of furan rings is 1. The summed E-state index contributed by atoms with van der Waals surface area (Å²) in [6.45, 7) is 6.00. The molecule has 7 heteroatoms. The Balaban J connectivity index is 1.40. The van der Waals surface area contributed by atoms with E-state index in [1.807, 2.05) is 11.2 Å². The summed E-state index contributed by atoms with van der Waals surface area (Å²) in [6, 6.07) is 2.08. The second-order valence-electron chi connectivity index (χ2n) is 6.24. The van der Waals surface area contributed by atoms with Crippen molar-refractivity contribution in [2.75, 3.05) is 32.7 Å². The molecule has 4 heterocycles. The molecule has 1 saturated heterocycles. The maximum atomic E-state index is 12.3. The molecule has 0 bridgehead atoms. The maximum absolute atomic E-state index is 12.3. The molecule has 1 fully saturated rings. The summed E-state index contributed by atoms with van der Waals surface area (Å²) in [5.74, 6) is 1.97. The van der Waals surface area contributed by atoms with Gasteiger partial charge in [0, 0.05) is 38.8 Å². The summed E-state index contributed by atoms with van der Waals surface area (Å²) in [7, 11) is 0. The highest BCUT2D eigenvalue weighted by atomic mass is 16.3. The van der Waals surface area contributed by atoms with Crippen LogP contribution in [0.15, 0.2) is 44.9 Å². The number of hydrogen-bond donors (Lipinski definition) is 0. The Morgan fingerprint density at radius 3 is 2.88 bits per heavy atom. The average molecular weight is 327 g/mol. The molecule has 1 amide bonds. The minimum atomic E-state index is 0.0293. The smallest absolute Gasteiger partial charge is 0.257 e. The largest absolute Gasteiger partial charge is 0.472 e. The van der Waals surface area contributed by atoms with Crippen molar-refractivity contribution in [3.05, 3.63) is 36.1 Å². The van der Waals surface area contributed by atoms with Crippen LogP contribution in [0.25, 0.3) is 0 Å². The van der Waals surface area contributed by atoms with E-state index in [4.69, 9.17) is 9.41 Å². The Bertz CT molecular complexity index is 699. The Morgan fingerprint density at radius 2 is 2.17 bits per heavy atom. The topological polar surface area (TPSA) is 64.7 Å². The Morgan fingerprint density at radius 1 is 1.33 bits per heavy atom.